The van der Waals surface area contributed by atoms with E-state index in [1.165, 1.54) is 3.57 Å². The number of amides is 1. The number of benzene rings is 1. The molecule has 1 saturated heterocycles. The lowest BCUT2D eigenvalue weighted by Crippen LogP contribution is -2.41. The highest BCUT2D eigenvalue weighted by Gasteiger charge is 2.22. The lowest BCUT2D eigenvalue weighted by atomic mass is 9.96. The SMILES string of the molecule is CCNCC1CCN(C(=O)Cc2cccc(I)c2)CC1. The maximum absolute atomic E-state index is 12.3. The molecule has 0 radical (unpaired) electrons. The lowest BCUT2D eigenvalue weighted by molar-refractivity contribution is -0.131. The highest BCUT2D eigenvalue weighted by Crippen LogP contribution is 2.18. The molecule has 0 aromatic heterocycles. The van der Waals surface area contributed by atoms with Crippen molar-refractivity contribution in [1.82, 2.24) is 10.2 Å². The second-order valence-electron chi connectivity index (χ2n) is 5.44. The molecule has 1 amide bonds. The third-order valence-corrected chi connectivity index (χ3v) is 4.57. The second-order valence-corrected chi connectivity index (χ2v) is 6.68. The molecule has 1 aliphatic heterocycles. The molecule has 1 aromatic rings. The van der Waals surface area contributed by atoms with Gasteiger partial charge in [0.05, 0.1) is 6.42 Å². The molecule has 1 N–H and O–H groups in total. The molecule has 1 aromatic carbocycles. The predicted octanol–water partition coefficient (Wildman–Crippen LogP) is 2.68. The van der Waals surface area contributed by atoms with E-state index in [2.05, 4.69) is 47.0 Å². The average Bonchev–Trinajstić information content (AvgIpc) is 2.45. The average molecular weight is 386 g/mol. The zero-order chi connectivity index (χ0) is 14.4. The fourth-order valence-electron chi connectivity index (χ4n) is 2.67. The molecule has 3 nitrogen and oxygen atoms in total. The van der Waals surface area contributed by atoms with Gasteiger partial charge in [0.15, 0.2) is 0 Å². The Morgan fingerprint density at radius 1 is 1.40 bits per heavy atom. The van der Waals surface area contributed by atoms with E-state index in [1.54, 1.807) is 0 Å². The van der Waals surface area contributed by atoms with Gasteiger partial charge in [0.2, 0.25) is 5.91 Å². The van der Waals surface area contributed by atoms with Crippen molar-refractivity contribution in [2.75, 3.05) is 26.2 Å². The second kappa shape index (κ2) is 7.98. The summed E-state index contributed by atoms with van der Waals surface area (Å²) in [6, 6.07) is 8.21. The topological polar surface area (TPSA) is 32.3 Å². The van der Waals surface area contributed by atoms with Gasteiger partial charge in [-0.2, -0.15) is 0 Å². The summed E-state index contributed by atoms with van der Waals surface area (Å²) >= 11 is 2.29. The molecule has 0 saturated carbocycles. The standard InChI is InChI=1S/C16H23IN2O/c1-2-18-12-13-6-8-19(9-7-13)16(20)11-14-4-3-5-15(17)10-14/h3-5,10,13,18H,2,6-9,11-12H2,1H3. The first kappa shape index (κ1) is 15.8. The maximum Gasteiger partial charge on any atom is 0.226 e. The summed E-state index contributed by atoms with van der Waals surface area (Å²) in [5.74, 6) is 1.01. The van der Waals surface area contributed by atoms with Crippen molar-refractivity contribution >= 4 is 28.5 Å². The first-order valence-electron chi connectivity index (χ1n) is 7.42. The van der Waals surface area contributed by atoms with Gasteiger partial charge in [-0.1, -0.05) is 19.1 Å². The van der Waals surface area contributed by atoms with Gasteiger partial charge in [-0.15, -0.1) is 0 Å². The molecule has 1 fully saturated rings. The minimum atomic E-state index is 0.272. The van der Waals surface area contributed by atoms with Crippen LogP contribution in [0.15, 0.2) is 24.3 Å². The quantitative estimate of drug-likeness (QED) is 0.790. The van der Waals surface area contributed by atoms with E-state index < -0.39 is 0 Å². The molecular weight excluding hydrogens is 363 g/mol. The van der Waals surface area contributed by atoms with Crippen LogP contribution in [-0.2, 0) is 11.2 Å². The molecule has 4 heteroatoms. The summed E-state index contributed by atoms with van der Waals surface area (Å²) in [4.78, 5) is 14.3. The van der Waals surface area contributed by atoms with E-state index in [9.17, 15) is 4.79 Å². The Balaban J connectivity index is 1.80. The van der Waals surface area contributed by atoms with Gasteiger partial charge < -0.3 is 10.2 Å². The summed E-state index contributed by atoms with van der Waals surface area (Å²) in [6.45, 7) is 6.10. The molecule has 0 unspecified atom stereocenters. The van der Waals surface area contributed by atoms with Gasteiger partial charge in [0.1, 0.15) is 0 Å². The number of halogens is 1. The van der Waals surface area contributed by atoms with Crippen LogP contribution in [0.1, 0.15) is 25.3 Å². The van der Waals surface area contributed by atoms with Crippen LogP contribution in [0.25, 0.3) is 0 Å². The Kier molecular flexibility index (Phi) is 6.29. The van der Waals surface area contributed by atoms with Crippen molar-refractivity contribution in [2.45, 2.75) is 26.2 Å². The van der Waals surface area contributed by atoms with Gasteiger partial charge in [-0.05, 0) is 72.1 Å². The van der Waals surface area contributed by atoms with E-state index in [4.69, 9.17) is 0 Å². The van der Waals surface area contributed by atoms with Crippen molar-refractivity contribution in [3.63, 3.8) is 0 Å². The number of piperidine rings is 1. The molecule has 0 bridgehead atoms. The fraction of sp³-hybridized carbons (Fsp3) is 0.562. The number of likely N-dealkylation sites (tertiary alicyclic amines) is 1. The Morgan fingerprint density at radius 2 is 2.15 bits per heavy atom. The van der Waals surface area contributed by atoms with Gasteiger partial charge in [0.25, 0.3) is 0 Å². The summed E-state index contributed by atoms with van der Waals surface area (Å²) in [7, 11) is 0. The number of nitrogens with one attached hydrogen (secondary N) is 1. The number of carbonyl (C=O) groups is 1. The van der Waals surface area contributed by atoms with Crippen molar-refractivity contribution in [3.8, 4) is 0 Å². The molecule has 1 aliphatic rings. The maximum atomic E-state index is 12.3. The Labute approximate surface area is 135 Å². The molecule has 0 aliphatic carbocycles. The van der Waals surface area contributed by atoms with Crippen LogP contribution in [0.5, 0.6) is 0 Å². The van der Waals surface area contributed by atoms with Gasteiger partial charge in [-0.3, -0.25) is 4.79 Å². The van der Waals surface area contributed by atoms with Crippen molar-refractivity contribution in [2.24, 2.45) is 5.92 Å². The molecule has 20 heavy (non-hydrogen) atoms. The van der Waals surface area contributed by atoms with E-state index in [0.717, 1.165) is 50.5 Å². The molecule has 1 heterocycles. The van der Waals surface area contributed by atoms with Gasteiger partial charge in [0, 0.05) is 16.7 Å². The van der Waals surface area contributed by atoms with Crippen molar-refractivity contribution in [1.29, 1.82) is 0 Å². The molecule has 0 spiro atoms. The number of carbonyl (C=O) groups excluding carboxylic acids is 1. The lowest BCUT2D eigenvalue weighted by Gasteiger charge is -2.32. The van der Waals surface area contributed by atoms with Gasteiger partial charge in [-0.25, -0.2) is 0 Å². The van der Waals surface area contributed by atoms with E-state index in [1.807, 2.05) is 17.0 Å². The summed E-state index contributed by atoms with van der Waals surface area (Å²) < 4.78 is 1.19. The predicted molar refractivity (Wildman–Crippen MR) is 90.7 cm³/mol. The van der Waals surface area contributed by atoms with Crippen LogP contribution in [-0.4, -0.2) is 37.0 Å². The summed E-state index contributed by atoms with van der Waals surface area (Å²) in [5, 5.41) is 3.40. The highest BCUT2D eigenvalue weighted by molar-refractivity contribution is 14.1. The van der Waals surface area contributed by atoms with Crippen LogP contribution in [0.4, 0.5) is 0 Å². The first-order chi connectivity index (χ1) is 9.69. The Hall–Kier alpha value is -0.620. The van der Waals surface area contributed by atoms with Crippen LogP contribution in [0, 0.1) is 9.49 Å². The smallest absolute Gasteiger partial charge is 0.226 e. The van der Waals surface area contributed by atoms with E-state index in [0.29, 0.717) is 6.42 Å². The van der Waals surface area contributed by atoms with E-state index in [-0.39, 0.29) is 5.91 Å². The number of hydrogen-bond donors (Lipinski definition) is 1. The first-order valence-corrected chi connectivity index (χ1v) is 8.50. The number of hydrogen-bond acceptors (Lipinski definition) is 2. The van der Waals surface area contributed by atoms with E-state index >= 15 is 0 Å². The third kappa shape index (κ3) is 4.74. The number of nitrogens with zero attached hydrogens (tertiary/aromatic N) is 1. The van der Waals surface area contributed by atoms with Crippen LogP contribution in [0.3, 0.4) is 0 Å². The third-order valence-electron chi connectivity index (χ3n) is 3.89. The summed E-state index contributed by atoms with van der Waals surface area (Å²) in [6.07, 6.45) is 2.80. The molecule has 0 atom stereocenters. The highest BCUT2D eigenvalue weighted by atomic mass is 127. The minimum Gasteiger partial charge on any atom is -0.342 e. The Bertz CT molecular complexity index is 442. The fourth-order valence-corrected chi connectivity index (χ4v) is 3.28. The molecular formula is C16H23IN2O. The summed E-state index contributed by atoms with van der Waals surface area (Å²) in [5.41, 5.74) is 1.12. The van der Waals surface area contributed by atoms with Crippen LogP contribution < -0.4 is 5.32 Å². The monoisotopic (exact) mass is 386 g/mol. The van der Waals surface area contributed by atoms with Crippen molar-refractivity contribution < 1.29 is 4.79 Å². The normalized spacial score (nSPS) is 16.4. The molecule has 2 rings (SSSR count). The minimum absolute atomic E-state index is 0.272. The van der Waals surface area contributed by atoms with Crippen LogP contribution in [0.2, 0.25) is 0 Å². The Morgan fingerprint density at radius 3 is 2.80 bits per heavy atom. The van der Waals surface area contributed by atoms with Gasteiger partial charge >= 0.3 is 0 Å². The van der Waals surface area contributed by atoms with Crippen molar-refractivity contribution in [3.05, 3.63) is 33.4 Å². The van der Waals surface area contributed by atoms with Crippen LogP contribution >= 0.6 is 22.6 Å². The zero-order valence-electron chi connectivity index (χ0n) is 12.1. The molecule has 110 valence electrons. The largest absolute Gasteiger partial charge is 0.342 e. The zero-order valence-corrected chi connectivity index (χ0v) is 14.2. The number of rotatable bonds is 5.